The Morgan fingerprint density at radius 2 is 1.94 bits per heavy atom. The highest BCUT2D eigenvalue weighted by Crippen LogP contribution is 1.88. The quantitative estimate of drug-likeness (QED) is 0.574. The van der Waals surface area contributed by atoms with Gasteiger partial charge in [-0.3, -0.25) is 14.9 Å². The number of hydrogen-bond acceptors (Lipinski definition) is 5. The minimum Gasteiger partial charge on any atom is -0.465 e. The molecule has 0 radical (unpaired) electrons. The fourth-order valence-corrected chi connectivity index (χ4v) is 1.21. The second-order valence-electron chi connectivity index (χ2n) is 3.78. The summed E-state index contributed by atoms with van der Waals surface area (Å²) in [4.78, 5) is 22.7. The van der Waals surface area contributed by atoms with Gasteiger partial charge in [0.1, 0.15) is 6.04 Å². The predicted octanol–water partition coefficient (Wildman–Crippen LogP) is -0.321. The van der Waals surface area contributed by atoms with Gasteiger partial charge in [-0.15, -0.1) is 0 Å². The van der Waals surface area contributed by atoms with Crippen molar-refractivity contribution < 1.29 is 19.1 Å². The Morgan fingerprint density at radius 1 is 1.29 bits per heavy atom. The van der Waals surface area contributed by atoms with Gasteiger partial charge in [0, 0.05) is 13.2 Å². The second-order valence-corrected chi connectivity index (χ2v) is 3.78. The lowest BCUT2D eigenvalue weighted by molar-refractivity contribution is -0.145. The summed E-state index contributed by atoms with van der Waals surface area (Å²) in [6, 6.07) is -0.536. The molecular weight excluding hydrogens is 224 g/mol. The maximum atomic E-state index is 11.4. The summed E-state index contributed by atoms with van der Waals surface area (Å²) in [5.41, 5.74) is 0. The fourth-order valence-electron chi connectivity index (χ4n) is 1.21. The van der Waals surface area contributed by atoms with Crippen LogP contribution in [0.5, 0.6) is 0 Å². The molecule has 100 valence electrons. The molecule has 0 aromatic carbocycles. The molecule has 0 aromatic rings. The van der Waals surface area contributed by atoms with Crippen LogP contribution < -0.4 is 10.6 Å². The van der Waals surface area contributed by atoms with Crippen LogP contribution >= 0.6 is 0 Å². The molecule has 2 unspecified atom stereocenters. The van der Waals surface area contributed by atoms with Gasteiger partial charge in [-0.25, -0.2) is 0 Å². The molecule has 0 bridgehead atoms. The van der Waals surface area contributed by atoms with E-state index in [1.165, 1.54) is 0 Å². The number of methoxy groups -OCH3 is 1. The number of carbonyl (C=O) groups is 2. The Hall–Kier alpha value is -1.14. The average molecular weight is 246 g/mol. The Morgan fingerprint density at radius 3 is 2.47 bits per heavy atom. The lowest BCUT2D eigenvalue weighted by Crippen LogP contribution is -2.45. The summed E-state index contributed by atoms with van der Waals surface area (Å²) >= 11 is 0. The van der Waals surface area contributed by atoms with Crippen LogP contribution in [0.1, 0.15) is 20.8 Å². The molecule has 0 aliphatic rings. The van der Waals surface area contributed by atoms with Gasteiger partial charge in [0.25, 0.3) is 0 Å². The van der Waals surface area contributed by atoms with Crippen LogP contribution in [-0.2, 0) is 19.1 Å². The van der Waals surface area contributed by atoms with E-state index in [0.717, 1.165) is 0 Å². The molecule has 0 rings (SSSR count). The van der Waals surface area contributed by atoms with Crippen molar-refractivity contribution in [3.8, 4) is 0 Å². The second kappa shape index (κ2) is 8.95. The van der Waals surface area contributed by atoms with Crippen LogP contribution in [0.2, 0.25) is 0 Å². The maximum absolute atomic E-state index is 11.4. The first kappa shape index (κ1) is 15.9. The number of rotatable bonds is 8. The summed E-state index contributed by atoms with van der Waals surface area (Å²) in [5, 5.41) is 5.52. The Labute approximate surface area is 102 Å². The first-order valence-corrected chi connectivity index (χ1v) is 5.69. The van der Waals surface area contributed by atoms with Gasteiger partial charge in [-0.2, -0.15) is 0 Å². The van der Waals surface area contributed by atoms with E-state index in [9.17, 15) is 9.59 Å². The van der Waals surface area contributed by atoms with E-state index >= 15 is 0 Å². The molecule has 1 amide bonds. The number of esters is 1. The number of ether oxygens (including phenoxy) is 2. The highest BCUT2D eigenvalue weighted by atomic mass is 16.5. The van der Waals surface area contributed by atoms with Crippen molar-refractivity contribution in [1.29, 1.82) is 0 Å². The van der Waals surface area contributed by atoms with Gasteiger partial charge in [0.2, 0.25) is 5.91 Å². The summed E-state index contributed by atoms with van der Waals surface area (Å²) in [5.74, 6) is -0.532. The zero-order chi connectivity index (χ0) is 13.3. The summed E-state index contributed by atoms with van der Waals surface area (Å²) in [7, 11) is 1.57. The first-order chi connectivity index (χ1) is 8.01. The lowest BCUT2D eigenvalue weighted by Gasteiger charge is -2.15. The van der Waals surface area contributed by atoms with Gasteiger partial charge in [-0.05, 0) is 20.8 Å². The summed E-state index contributed by atoms with van der Waals surface area (Å²) < 4.78 is 9.69. The molecule has 0 aliphatic carbocycles. The third-order valence-corrected chi connectivity index (χ3v) is 2.03. The van der Waals surface area contributed by atoms with E-state index in [0.29, 0.717) is 13.2 Å². The highest BCUT2D eigenvalue weighted by molar-refractivity contribution is 5.80. The summed E-state index contributed by atoms with van der Waals surface area (Å²) in [6.07, 6.45) is 0. The Bertz CT molecular complexity index is 246. The third-order valence-electron chi connectivity index (χ3n) is 2.03. The van der Waals surface area contributed by atoms with Gasteiger partial charge >= 0.3 is 5.97 Å². The molecular formula is C11H22N2O4. The minimum atomic E-state index is -0.488. The zero-order valence-corrected chi connectivity index (χ0v) is 10.9. The van der Waals surface area contributed by atoms with Crippen molar-refractivity contribution in [3.63, 3.8) is 0 Å². The van der Waals surface area contributed by atoms with E-state index < -0.39 is 6.04 Å². The molecule has 0 spiro atoms. The SMILES string of the molecule is CCOC(=O)C(C)NCC(=O)NC(C)COC. The first-order valence-electron chi connectivity index (χ1n) is 5.69. The monoisotopic (exact) mass is 246 g/mol. The van der Waals surface area contributed by atoms with Crippen molar-refractivity contribution in [1.82, 2.24) is 10.6 Å². The molecule has 2 N–H and O–H groups in total. The number of amides is 1. The summed E-state index contributed by atoms with van der Waals surface area (Å²) in [6.45, 7) is 6.11. The number of carbonyl (C=O) groups excluding carboxylic acids is 2. The van der Waals surface area contributed by atoms with Crippen LogP contribution in [-0.4, -0.2) is 50.8 Å². The molecule has 6 heteroatoms. The molecule has 17 heavy (non-hydrogen) atoms. The van der Waals surface area contributed by atoms with Crippen molar-refractivity contribution in [2.75, 3.05) is 26.9 Å². The normalized spacial score (nSPS) is 13.9. The topological polar surface area (TPSA) is 76.7 Å². The van der Waals surface area contributed by atoms with Crippen LogP contribution in [0.25, 0.3) is 0 Å². The van der Waals surface area contributed by atoms with E-state index in [4.69, 9.17) is 9.47 Å². The molecule has 0 aliphatic heterocycles. The largest absolute Gasteiger partial charge is 0.465 e. The molecule has 0 fully saturated rings. The molecule has 0 heterocycles. The van der Waals surface area contributed by atoms with Gasteiger partial charge in [0.05, 0.1) is 19.8 Å². The van der Waals surface area contributed by atoms with Crippen molar-refractivity contribution in [3.05, 3.63) is 0 Å². The predicted molar refractivity (Wildman–Crippen MR) is 63.6 cm³/mol. The maximum Gasteiger partial charge on any atom is 0.322 e. The van der Waals surface area contributed by atoms with Gasteiger partial charge in [0.15, 0.2) is 0 Å². The van der Waals surface area contributed by atoms with Gasteiger partial charge in [-0.1, -0.05) is 0 Å². The van der Waals surface area contributed by atoms with E-state index in [-0.39, 0.29) is 24.5 Å². The highest BCUT2D eigenvalue weighted by Gasteiger charge is 2.15. The van der Waals surface area contributed by atoms with Crippen molar-refractivity contribution in [2.45, 2.75) is 32.9 Å². The smallest absolute Gasteiger partial charge is 0.322 e. The van der Waals surface area contributed by atoms with Crippen LogP contribution in [0.4, 0.5) is 0 Å². The number of nitrogens with one attached hydrogen (secondary N) is 2. The average Bonchev–Trinajstić information content (AvgIpc) is 2.26. The van der Waals surface area contributed by atoms with Crippen LogP contribution in [0.3, 0.4) is 0 Å². The van der Waals surface area contributed by atoms with Gasteiger partial charge < -0.3 is 14.8 Å². The molecule has 2 atom stereocenters. The zero-order valence-electron chi connectivity index (χ0n) is 10.9. The number of hydrogen-bond donors (Lipinski definition) is 2. The van der Waals surface area contributed by atoms with Crippen molar-refractivity contribution in [2.24, 2.45) is 0 Å². The van der Waals surface area contributed by atoms with E-state index in [2.05, 4.69) is 10.6 Å². The van der Waals surface area contributed by atoms with E-state index in [1.807, 2.05) is 6.92 Å². The van der Waals surface area contributed by atoms with E-state index in [1.54, 1.807) is 21.0 Å². The van der Waals surface area contributed by atoms with Crippen LogP contribution in [0, 0.1) is 0 Å². The Balaban J connectivity index is 3.79. The lowest BCUT2D eigenvalue weighted by atomic mass is 10.3. The molecule has 0 saturated heterocycles. The molecule has 6 nitrogen and oxygen atoms in total. The standard InChI is InChI=1S/C11H22N2O4/c1-5-17-11(15)9(3)12-6-10(14)13-8(2)7-16-4/h8-9,12H,5-7H2,1-4H3,(H,13,14). The molecule has 0 saturated carbocycles. The third kappa shape index (κ3) is 7.70. The fraction of sp³-hybridized carbons (Fsp3) is 0.818. The van der Waals surface area contributed by atoms with Crippen LogP contribution in [0.15, 0.2) is 0 Å². The Kier molecular flexibility index (Phi) is 8.35. The molecule has 0 aromatic heterocycles. The van der Waals surface area contributed by atoms with Crippen molar-refractivity contribution >= 4 is 11.9 Å². The minimum absolute atomic E-state index is 0.0489.